The zero-order valence-electron chi connectivity index (χ0n) is 15.1. The number of nitrogens with zero attached hydrogens (tertiary/aromatic N) is 2. The zero-order chi connectivity index (χ0) is 18.5. The van der Waals surface area contributed by atoms with Crippen molar-refractivity contribution in [2.24, 2.45) is 5.92 Å². The molecule has 1 heterocycles. The van der Waals surface area contributed by atoms with E-state index in [1.807, 2.05) is 44.2 Å². The van der Waals surface area contributed by atoms with Gasteiger partial charge in [0.15, 0.2) is 5.82 Å². The monoisotopic (exact) mass is 356 g/mol. The molecule has 1 aromatic carbocycles. The molecule has 1 aromatic heterocycles. The second-order valence-electron chi connectivity index (χ2n) is 6.99. The highest BCUT2D eigenvalue weighted by Crippen LogP contribution is 2.38. The summed E-state index contributed by atoms with van der Waals surface area (Å²) >= 11 is 0. The average molecular weight is 356 g/mol. The summed E-state index contributed by atoms with van der Waals surface area (Å²) in [6.45, 7) is 3.95. The quantitative estimate of drug-likeness (QED) is 0.753. The van der Waals surface area contributed by atoms with Crippen LogP contribution in [0, 0.1) is 5.92 Å². The van der Waals surface area contributed by atoms with E-state index in [1.165, 1.54) is 0 Å². The molecule has 0 bridgehead atoms. The highest BCUT2D eigenvalue weighted by Gasteiger charge is 2.29. The molecule has 1 aliphatic carbocycles. The van der Waals surface area contributed by atoms with Crippen LogP contribution < -0.4 is 10.6 Å². The highest BCUT2D eigenvalue weighted by atomic mass is 16.5. The highest BCUT2D eigenvalue weighted by molar-refractivity contribution is 5.88. The van der Waals surface area contributed by atoms with Crippen LogP contribution in [-0.4, -0.2) is 28.0 Å². The summed E-state index contributed by atoms with van der Waals surface area (Å²) in [5, 5.41) is 9.51. The molecular weight excluding hydrogens is 332 g/mol. The largest absolute Gasteiger partial charge is 0.345 e. The lowest BCUT2D eigenvalue weighted by molar-refractivity contribution is -0.130. The maximum atomic E-state index is 12.5. The van der Waals surface area contributed by atoms with E-state index >= 15 is 0 Å². The van der Waals surface area contributed by atoms with Crippen LogP contribution in [0.3, 0.4) is 0 Å². The number of hydrogen-bond donors (Lipinski definition) is 2. The summed E-state index contributed by atoms with van der Waals surface area (Å²) in [5.41, 5.74) is 0.909. The minimum absolute atomic E-state index is 0.0422. The molecule has 0 unspecified atom stereocenters. The fraction of sp³-hybridized carbons (Fsp3) is 0.474. The number of carbonyl (C=O) groups excluding carboxylic acids is 2. The van der Waals surface area contributed by atoms with E-state index in [9.17, 15) is 9.59 Å². The van der Waals surface area contributed by atoms with Gasteiger partial charge in [-0.05, 0) is 24.3 Å². The van der Waals surface area contributed by atoms with Crippen LogP contribution in [0.2, 0.25) is 0 Å². The van der Waals surface area contributed by atoms with Gasteiger partial charge in [-0.3, -0.25) is 9.59 Å². The van der Waals surface area contributed by atoms with Gasteiger partial charge in [-0.2, -0.15) is 4.98 Å². The molecular formula is C19H24N4O3. The van der Waals surface area contributed by atoms with Crippen LogP contribution in [-0.2, 0) is 22.6 Å². The standard InChI is InChI=1S/C19H24N4O3/c1-12(2)17(21-15(24)10-13-6-4-3-5-7-13)19(25)20-11-16-22-18(23-26-16)14-8-9-14/h3-7,12,14,17H,8-11H2,1-2H3,(H,20,25)(H,21,24)/t17-/m0/s1. The van der Waals surface area contributed by atoms with E-state index < -0.39 is 6.04 Å². The van der Waals surface area contributed by atoms with E-state index in [4.69, 9.17) is 4.52 Å². The van der Waals surface area contributed by atoms with Gasteiger partial charge in [-0.25, -0.2) is 0 Å². The molecule has 2 amide bonds. The lowest BCUT2D eigenvalue weighted by Crippen LogP contribution is -2.49. The fourth-order valence-electron chi connectivity index (χ4n) is 2.66. The molecule has 1 atom stereocenters. The van der Waals surface area contributed by atoms with Crippen LogP contribution in [0.25, 0.3) is 0 Å². The Morgan fingerprint density at radius 1 is 1.23 bits per heavy atom. The molecule has 1 aliphatic rings. The third-order valence-electron chi connectivity index (χ3n) is 4.31. The normalized spacial score (nSPS) is 14.9. The SMILES string of the molecule is CC(C)[C@H](NC(=O)Cc1ccccc1)C(=O)NCc1nc(C2CC2)no1. The van der Waals surface area contributed by atoms with Crippen LogP contribution in [0.4, 0.5) is 0 Å². The van der Waals surface area contributed by atoms with Gasteiger partial charge in [0.05, 0.1) is 13.0 Å². The summed E-state index contributed by atoms with van der Waals surface area (Å²) in [6.07, 6.45) is 2.42. The summed E-state index contributed by atoms with van der Waals surface area (Å²) in [7, 11) is 0. The lowest BCUT2D eigenvalue weighted by atomic mass is 10.0. The molecule has 26 heavy (non-hydrogen) atoms. The Balaban J connectivity index is 1.52. The smallest absolute Gasteiger partial charge is 0.246 e. The third-order valence-corrected chi connectivity index (χ3v) is 4.31. The molecule has 0 spiro atoms. The van der Waals surface area contributed by atoms with E-state index in [1.54, 1.807) is 0 Å². The fourth-order valence-corrected chi connectivity index (χ4v) is 2.66. The second-order valence-corrected chi connectivity index (χ2v) is 6.99. The minimum Gasteiger partial charge on any atom is -0.345 e. The molecule has 3 rings (SSSR count). The van der Waals surface area contributed by atoms with Crippen LogP contribution in [0.15, 0.2) is 34.9 Å². The van der Waals surface area contributed by atoms with E-state index in [0.29, 0.717) is 17.6 Å². The van der Waals surface area contributed by atoms with Gasteiger partial charge in [0, 0.05) is 5.92 Å². The second kappa shape index (κ2) is 8.12. The Labute approximate surface area is 152 Å². The number of aromatic nitrogens is 2. The Hall–Kier alpha value is -2.70. The Morgan fingerprint density at radius 2 is 1.96 bits per heavy atom. The van der Waals surface area contributed by atoms with Gasteiger partial charge >= 0.3 is 0 Å². The Bertz CT molecular complexity index is 753. The number of rotatable bonds is 8. The molecule has 0 aliphatic heterocycles. The predicted octanol–water partition coefficient (Wildman–Crippen LogP) is 1.95. The zero-order valence-corrected chi connectivity index (χ0v) is 15.1. The topological polar surface area (TPSA) is 97.1 Å². The lowest BCUT2D eigenvalue weighted by Gasteiger charge is -2.21. The van der Waals surface area contributed by atoms with Gasteiger partial charge in [0.25, 0.3) is 0 Å². The predicted molar refractivity (Wildman–Crippen MR) is 95.0 cm³/mol. The van der Waals surface area contributed by atoms with Gasteiger partial charge in [-0.15, -0.1) is 0 Å². The molecule has 1 fully saturated rings. The van der Waals surface area contributed by atoms with Crippen molar-refractivity contribution >= 4 is 11.8 Å². The van der Waals surface area contributed by atoms with Crippen molar-refractivity contribution in [1.82, 2.24) is 20.8 Å². The van der Waals surface area contributed by atoms with Crippen molar-refractivity contribution in [2.45, 2.75) is 51.6 Å². The van der Waals surface area contributed by atoms with Crippen LogP contribution >= 0.6 is 0 Å². The molecule has 0 saturated heterocycles. The maximum Gasteiger partial charge on any atom is 0.246 e. The van der Waals surface area contributed by atoms with E-state index in [0.717, 1.165) is 18.4 Å². The molecule has 7 heteroatoms. The molecule has 1 saturated carbocycles. The average Bonchev–Trinajstić information content (AvgIpc) is 3.36. The minimum atomic E-state index is -0.614. The van der Waals surface area contributed by atoms with Gasteiger partial charge < -0.3 is 15.2 Å². The summed E-state index contributed by atoms with van der Waals surface area (Å²) < 4.78 is 5.15. The number of carbonyl (C=O) groups is 2. The molecule has 2 N–H and O–H groups in total. The first-order chi connectivity index (χ1) is 12.5. The van der Waals surface area contributed by atoms with Crippen molar-refractivity contribution in [2.75, 3.05) is 0 Å². The van der Waals surface area contributed by atoms with Crippen LogP contribution in [0.5, 0.6) is 0 Å². The van der Waals surface area contributed by atoms with Gasteiger partial charge in [0.2, 0.25) is 17.7 Å². The number of nitrogens with one attached hydrogen (secondary N) is 2. The van der Waals surface area contributed by atoms with Crippen LogP contribution in [0.1, 0.15) is 49.9 Å². The van der Waals surface area contributed by atoms with Gasteiger partial charge in [-0.1, -0.05) is 49.3 Å². The number of benzene rings is 1. The van der Waals surface area contributed by atoms with Crippen molar-refractivity contribution < 1.29 is 14.1 Å². The summed E-state index contributed by atoms with van der Waals surface area (Å²) in [5.74, 6) is 1.03. The van der Waals surface area contributed by atoms with Crippen molar-refractivity contribution in [3.8, 4) is 0 Å². The van der Waals surface area contributed by atoms with Crippen molar-refractivity contribution in [1.29, 1.82) is 0 Å². The summed E-state index contributed by atoms with van der Waals surface area (Å²) in [4.78, 5) is 29.0. The molecule has 7 nitrogen and oxygen atoms in total. The van der Waals surface area contributed by atoms with Crippen molar-refractivity contribution in [3.63, 3.8) is 0 Å². The molecule has 2 aromatic rings. The summed E-state index contributed by atoms with van der Waals surface area (Å²) in [6, 6.07) is 8.83. The molecule has 0 radical (unpaired) electrons. The number of amides is 2. The van der Waals surface area contributed by atoms with E-state index in [2.05, 4.69) is 20.8 Å². The molecule has 138 valence electrons. The third kappa shape index (κ3) is 4.91. The Kier molecular flexibility index (Phi) is 5.65. The maximum absolute atomic E-state index is 12.5. The first-order valence-corrected chi connectivity index (χ1v) is 8.96. The first-order valence-electron chi connectivity index (χ1n) is 8.96. The first kappa shape index (κ1) is 18.1. The van der Waals surface area contributed by atoms with Gasteiger partial charge in [0.1, 0.15) is 6.04 Å². The number of hydrogen-bond acceptors (Lipinski definition) is 5. The Morgan fingerprint density at radius 3 is 2.62 bits per heavy atom. The van der Waals surface area contributed by atoms with E-state index in [-0.39, 0.29) is 30.7 Å². The van der Waals surface area contributed by atoms with Crippen molar-refractivity contribution in [3.05, 3.63) is 47.6 Å².